The van der Waals surface area contributed by atoms with Crippen LogP contribution in [0.1, 0.15) is 45.1 Å². The molecule has 1 spiro atoms. The van der Waals surface area contributed by atoms with Crippen LogP contribution in [-0.2, 0) is 9.53 Å². The number of rotatable bonds is 4. The summed E-state index contributed by atoms with van der Waals surface area (Å²) in [5.41, 5.74) is 5.17. The average Bonchev–Trinajstić information content (AvgIpc) is 2.92. The van der Waals surface area contributed by atoms with Crippen LogP contribution in [0.4, 0.5) is 0 Å². The Labute approximate surface area is 159 Å². The van der Waals surface area contributed by atoms with Gasteiger partial charge in [-0.3, -0.25) is 10.2 Å². The van der Waals surface area contributed by atoms with Crippen LogP contribution in [0.3, 0.4) is 0 Å². The van der Waals surface area contributed by atoms with Crippen LogP contribution in [0.2, 0.25) is 0 Å². The highest BCUT2D eigenvalue weighted by atomic mass is 32.1. The van der Waals surface area contributed by atoms with Crippen molar-refractivity contribution in [2.75, 3.05) is 6.61 Å². The predicted molar refractivity (Wildman–Crippen MR) is 103 cm³/mol. The second-order valence-corrected chi connectivity index (χ2v) is 8.48. The van der Waals surface area contributed by atoms with Crippen molar-refractivity contribution in [2.24, 2.45) is 11.8 Å². The van der Waals surface area contributed by atoms with E-state index in [1.165, 1.54) is 0 Å². The summed E-state index contributed by atoms with van der Waals surface area (Å²) in [6, 6.07) is 9.81. The quantitative estimate of drug-likeness (QED) is 0.471. The molecule has 4 N–H and O–H groups in total. The Morgan fingerprint density at radius 1 is 1.38 bits per heavy atom. The number of benzene rings is 1. The van der Waals surface area contributed by atoms with Crippen LogP contribution in [0.15, 0.2) is 30.3 Å². The summed E-state index contributed by atoms with van der Waals surface area (Å²) in [6.07, 6.45) is 0.800. The number of esters is 1. The fourth-order valence-electron chi connectivity index (χ4n) is 4.11. The molecule has 1 aliphatic carbocycles. The number of hydrazine groups is 1. The summed E-state index contributed by atoms with van der Waals surface area (Å²) in [5.74, 6) is -0.769. The molecule has 1 aromatic carbocycles. The lowest BCUT2D eigenvalue weighted by Gasteiger charge is -2.49. The Morgan fingerprint density at radius 3 is 2.65 bits per heavy atom. The maximum atomic E-state index is 13.1. The second kappa shape index (κ2) is 7.13. The maximum absolute atomic E-state index is 13.1. The van der Waals surface area contributed by atoms with Gasteiger partial charge in [0.2, 0.25) is 0 Å². The Balaban J connectivity index is 2.01. The number of ether oxygens (including phenoxy) is 1. The monoisotopic (exact) mass is 377 g/mol. The molecule has 1 aromatic rings. The van der Waals surface area contributed by atoms with Gasteiger partial charge in [0.25, 0.3) is 0 Å². The predicted octanol–water partition coefficient (Wildman–Crippen LogP) is 1.81. The summed E-state index contributed by atoms with van der Waals surface area (Å²) >= 11 is 5.23. The summed E-state index contributed by atoms with van der Waals surface area (Å²) in [6.45, 7) is 6.17. The van der Waals surface area contributed by atoms with E-state index in [0.717, 1.165) is 5.56 Å². The van der Waals surface area contributed by atoms with E-state index in [1.54, 1.807) is 6.92 Å². The molecule has 26 heavy (non-hydrogen) atoms. The van der Waals surface area contributed by atoms with Crippen LogP contribution < -0.4 is 16.2 Å². The lowest BCUT2D eigenvalue weighted by Crippen LogP contribution is -2.67. The van der Waals surface area contributed by atoms with Crippen molar-refractivity contribution in [3.63, 3.8) is 0 Å². The van der Waals surface area contributed by atoms with E-state index in [2.05, 4.69) is 16.2 Å². The molecule has 2 fully saturated rings. The third-order valence-electron chi connectivity index (χ3n) is 5.03. The van der Waals surface area contributed by atoms with Gasteiger partial charge in [0.1, 0.15) is 11.6 Å². The molecule has 142 valence electrons. The highest BCUT2D eigenvalue weighted by Gasteiger charge is 2.58. The summed E-state index contributed by atoms with van der Waals surface area (Å²) < 4.78 is 5.61. The van der Waals surface area contributed by atoms with Gasteiger partial charge in [0.15, 0.2) is 5.11 Å². The second-order valence-electron chi connectivity index (χ2n) is 8.07. The van der Waals surface area contributed by atoms with E-state index >= 15 is 0 Å². The van der Waals surface area contributed by atoms with Gasteiger partial charge >= 0.3 is 5.97 Å². The zero-order valence-corrected chi connectivity index (χ0v) is 16.2. The molecule has 1 aliphatic heterocycles. The maximum Gasteiger partial charge on any atom is 0.313 e. The number of aliphatic hydroxyl groups is 1. The van der Waals surface area contributed by atoms with E-state index in [4.69, 9.17) is 17.0 Å². The molecule has 7 heteroatoms. The SMILES string of the molecule is CC(C)COC(=O)[C@@H]1[C@H](c2ccccc2)C[C@](C)(O)C[C@]12NNC(=S)N2. The number of hydrogen-bond acceptors (Lipinski definition) is 5. The van der Waals surface area contributed by atoms with Gasteiger partial charge in [0.05, 0.1) is 12.2 Å². The van der Waals surface area contributed by atoms with Crippen LogP contribution >= 0.6 is 12.2 Å². The van der Waals surface area contributed by atoms with Crippen molar-refractivity contribution in [2.45, 2.75) is 50.8 Å². The topological polar surface area (TPSA) is 82.6 Å². The zero-order valence-electron chi connectivity index (χ0n) is 15.4. The van der Waals surface area contributed by atoms with E-state index in [-0.39, 0.29) is 17.8 Å². The number of thiocarbonyl (C=S) groups is 1. The third kappa shape index (κ3) is 3.84. The van der Waals surface area contributed by atoms with Gasteiger partial charge in [-0.2, -0.15) is 0 Å². The zero-order chi connectivity index (χ0) is 18.9. The smallest absolute Gasteiger partial charge is 0.313 e. The van der Waals surface area contributed by atoms with E-state index in [9.17, 15) is 9.90 Å². The molecule has 0 radical (unpaired) electrons. The van der Waals surface area contributed by atoms with E-state index in [0.29, 0.717) is 24.6 Å². The molecular weight excluding hydrogens is 350 g/mol. The molecule has 0 bridgehead atoms. The molecule has 4 atom stereocenters. The van der Waals surface area contributed by atoms with E-state index < -0.39 is 17.2 Å². The van der Waals surface area contributed by atoms with Crippen molar-refractivity contribution in [1.29, 1.82) is 0 Å². The first-order valence-electron chi connectivity index (χ1n) is 9.02. The fraction of sp³-hybridized carbons (Fsp3) is 0.579. The first kappa shape index (κ1) is 19.1. The number of hydrogen-bond donors (Lipinski definition) is 4. The van der Waals surface area contributed by atoms with Gasteiger partial charge < -0.3 is 15.2 Å². The first-order chi connectivity index (χ1) is 12.2. The molecule has 1 saturated heterocycles. The average molecular weight is 378 g/mol. The largest absolute Gasteiger partial charge is 0.465 e. The van der Waals surface area contributed by atoms with Gasteiger partial charge in [0, 0.05) is 12.3 Å². The minimum atomic E-state index is -0.961. The standard InChI is InChI=1S/C19H27N3O3S/c1-12(2)10-25-16(23)15-14(13-7-5-4-6-8-13)9-18(3,24)11-19(15)20-17(26)21-22-19/h4-8,12,14-15,22,24H,9-11H2,1-3H3,(H2,20,21,26)/t14-,15-,18-,19-/m0/s1. The van der Waals surface area contributed by atoms with Crippen molar-refractivity contribution in [3.8, 4) is 0 Å². The fourth-order valence-corrected chi connectivity index (χ4v) is 4.34. The first-order valence-corrected chi connectivity index (χ1v) is 9.42. The summed E-state index contributed by atoms with van der Waals surface area (Å²) in [7, 11) is 0. The molecular formula is C19H27N3O3S. The molecule has 0 aromatic heterocycles. The summed E-state index contributed by atoms with van der Waals surface area (Å²) in [5, 5.41) is 14.5. The Kier molecular flexibility index (Phi) is 5.23. The third-order valence-corrected chi connectivity index (χ3v) is 5.23. The number of nitrogens with one attached hydrogen (secondary N) is 3. The molecule has 0 amide bonds. The number of carbonyl (C=O) groups is 1. The van der Waals surface area contributed by atoms with Crippen LogP contribution in [-0.4, -0.2) is 34.1 Å². The Hall–Kier alpha value is -1.70. The lowest BCUT2D eigenvalue weighted by molar-refractivity contribution is -0.160. The Morgan fingerprint density at radius 2 is 2.08 bits per heavy atom. The molecule has 6 nitrogen and oxygen atoms in total. The normalized spacial score (nSPS) is 33.8. The van der Waals surface area contributed by atoms with Crippen LogP contribution in [0, 0.1) is 11.8 Å². The van der Waals surface area contributed by atoms with Gasteiger partial charge in [-0.25, -0.2) is 5.43 Å². The lowest BCUT2D eigenvalue weighted by atomic mass is 9.64. The molecule has 1 heterocycles. The van der Waals surface area contributed by atoms with Gasteiger partial charge in [-0.15, -0.1) is 0 Å². The molecule has 2 aliphatic rings. The van der Waals surface area contributed by atoms with E-state index in [1.807, 2.05) is 44.2 Å². The van der Waals surface area contributed by atoms with Crippen molar-refractivity contribution in [3.05, 3.63) is 35.9 Å². The minimum absolute atomic E-state index is 0.206. The molecule has 0 unspecified atom stereocenters. The molecule has 3 rings (SSSR count). The Bertz CT molecular complexity index is 680. The highest BCUT2D eigenvalue weighted by Crippen LogP contribution is 2.47. The van der Waals surface area contributed by atoms with Crippen molar-refractivity contribution >= 4 is 23.3 Å². The summed E-state index contributed by atoms with van der Waals surface area (Å²) in [4.78, 5) is 13.1. The van der Waals surface area contributed by atoms with Crippen LogP contribution in [0.25, 0.3) is 0 Å². The van der Waals surface area contributed by atoms with Crippen LogP contribution in [0.5, 0.6) is 0 Å². The molecule has 1 saturated carbocycles. The minimum Gasteiger partial charge on any atom is -0.465 e. The number of carbonyl (C=O) groups excluding carboxylic acids is 1. The van der Waals surface area contributed by atoms with Crippen molar-refractivity contribution in [1.82, 2.24) is 16.2 Å². The van der Waals surface area contributed by atoms with Crippen molar-refractivity contribution < 1.29 is 14.6 Å². The highest BCUT2D eigenvalue weighted by molar-refractivity contribution is 7.80. The van der Waals surface area contributed by atoms with Gasteiger partial charge in [-0.05, 0) is 37.0 Å². The van der Waals surface area contributed by atoms with Gasteiger partial charge in [-0.1, -0.05) is 44.2 Å².